The molecule has 0 unspecified atom stereocenters. The van der Waals surface area contributed by atoms with Gasteiger partial charge in [0.15, 0.2) is 7.05 Å². The highest BCUT2D eigenvalue weighted by atomic mass is 16.3. The molecule has 0 radical (unpaired) electrons. The maximum absolute atomic E-state index is 11.2. The second-order valence-corrected chi connectivity index (χ2v) is 3.96. The molecule has 4 heteroatoms. The quantitative estimate of drug-likeness (QED) is 0.625. The normalized spacial score (nSPS) is 13.8. The molecule has 0 heterocycles. The Balaban J connectivity index is 4.15. The molecule has 0 spiro atoms. The number of hydrogen-bond acceptors (Lipinski definition) is 2. The summed E-state index contributed by atoms with van der Waals surface area (Å²) in [6.07, 6.45) is 0. The van der Waals surface area contributed by atoms with Crippen LogP contribution in [0, 0.1) is 4.91 Å². The molecule has 1 N–H and O–H groups in total. The van der Waals surface area contributed by atoms with E-state index in [4.69, 9.17) is 0 Å². The number of carbonyl (C=O) groups excluding carboxylic acids is 1. The molecule has 1 atom stereocenters. The molecule has 0 bridgehead atoms. The Morgan fingerprint density at radius 1 is 1.42 bits per heavy atom. The summed E-state index contributed by atoms with van der Waals surface area (Å²) in [5.41, 5.74) is -0.276. The van der Waals surface area contributed by atoms with Crippen LogP contribution in [0.15, 0.2) is 0 Å². The number of nitrogens with zero attached hydrogens (tertiary/aromatic N) is 1. The highest BCUT2D eigenvalue weighted by Crippen LogP contribution is 2.00. The van der Waals surface area contributed by atoms with Gasteiger partial charge in [-0.1, -0.05) is 0 Å². The van der Waals surface area contributed by atoms with Gasteiger partial charge in [0.2, 0.25) is 0 Å². The number of hydrogen-bond donors (Lipinski definition) is 1. The van der Waals surface area contributed by atoms with Gasteiger partial charge >= 0.3 is 0 Å². The highest BCUT2D eigenvalue weighted by Gasteiger charge is 2.27. The second-order valence-electron chi connectivity index (χ2n) is 3.96. The van der Waals surface area contributed by atoms with Gasteiger partial charge in [0, 0.05) is 22.1 Å². The van der Waals surface area contributed by atoms with Crippen molar-refractivity contribution in [1.29, 1.82) is 0 Å². The summed E-state index contributed by atoms with van der Waals surface area (Å²) in [6, 6.07) is -0.621. The first kappa shape index (κ1) is 11.1. The van der Waals surface area contributed by atoms with Gasteiger partial charge in [0.1, 0.15) is 0 Å². The van der Waals surface area contributed by atoms with Crippen LogP contribution in [0.2, 0.25) is 0 Å². The molecule has 0 saturated heterocycles. The second kappa shape index (κ2) is 3.65. The van der Waals surface area contributed by atoms with Gasteiger partial charge in [-0.15, -0.1) is 0 Å². The fraction of sp³-hybridized carbons (Fsp3) is 0.875. The first-order valence-corrected chi connectivity index (χ1v) is 3.96. The van der Waals surface area contributed by atoms with E-state index in [2.05, 4.69) is 5.32 Å². The van der Waals surface area contributed by atoms with Crippen molar-refractivity contribution in [1.82, 2.24) is 5.32 Å². The first-order valence-electron chi connectivity index (χ1n) is 3.96. The minimum atomic E-state index is -0.621. The maximum Gasteiger partial charge on any atom is 0.293 e. The summed E-state index contributed by atoms with van der Waals surface area (Å²) in [5, 5.41) is 2.72. The number of rotatable bonds is 2. The Morgan fingerprint density at radius 3 is 2.08 bits per heavy atom. The van der Waals surface area contributed by atoms with Gasteiger partial charge in [-0.3, -0.25) is 4.79 Å². The van der Waals surface area contributed by atoms with Crippen LogP contribution in [0.1, 0.15) is 27.7 Å². The lowest BCUT2D eigenvalue weighted by Crippen LogP contribution is -2.47. The van der Waals surface area contributed by atoms with Crippen LogP contribution >= 0.6 is 0 Å². The monoisotopic (exact) mass is 173 g/mol. The van der Waals surface area contributed by atoms with E-state index < -0.39 is 6.04 Å². The van der Waals surface area contributed by atoms with Crippen LogP contribution in [0.4, 0.5) is 0 Å². The van der Waals surface area contributed by atoms with E-state index in [-0.39, 0.29) is 11.4 Å². The summed E-state index contributed by atoms with van der Waals surface area (Å²) in [5.74, 6) is -0.236. The third kappa shape index (κ3) is 4.05. The molecule has 4 nitrogen and oxygen atoms in total. The van der Waals surface area contributed by atoms with Crippen LogP contribution in [0.3, 0.4) is 0 Å². The Labute approximate surface area is 72.9 Å². The Bertz CT molecular complexity index is 194. The van der Waals surface area contributed by atoms with E-state index in [1.54, 1.807) is 6.92 Å². The van der Waals surface area contributed by atoms with Gasteiger partial charge in [-0.25, -0.2) is 0 Å². The van der Waals surface area contributed by atoms with Gasteiger partial charge in [0.25, 0.3) is 11.9 Å². The molecule has 1 amide bonds. The smallest absolute Gasteiger partial charge is 0.293 e. The maximum atomic E-state index is 11.2. The fourth-order valence-electron chi connectivity index (χ4n) is 0.639. The van der Waals surface area contributed by atoms with E-state index in [1.165, 1.54) is 7.05 Å². The number of amides is 1. The molecule has 0 aliphatic carbocycles. The van der Waals surface area contributed by atoms with Crippen LogP contribution in [0.25, 0.3) is 0 Å². The molecule has 70 valence electrons. The zero-order valence-corrected chi connectivity index (χ0v) is 8.34. The summed E-state index contributed by atoms with van der Waals surface area (Å²) in [4.78, 5) is 22.0. The molecule has 12 heavy (non-hydrogen) atoms. The molecule has 0 aliphatic rings. The third-order valence-electron chi connectivity index (χ3n) is 1.42. The van der Waals surface area contributed by atoms with Crippen molar-refractivity contribution < 1.29 is 9.55 Å². The lowest BCUT2D eigenvalue weighted by molar-refractivity contribution is -0.540. The lowest BCUT2D eigenvalue weighted by atomic mass is 10.1. The van der Waals surface area contributed by atoms with Crippen LogP contribution < -0.4 is 5.32 Å². The Morgan fingerprint density at radius 2 is 1.83 bits per heavy atom. The number of likely N-dealkylation sites (N-methyl/N-ethyl adjacent to an activating group) is 1. The van der Waals surface area contributed by atoms with E-state index >= 15 is 0 Å². The zero-order valence-electron chi connectivity index (χ0n) is 8.34. The van der Waals surface area contributed by atoms with Crippen LogP contribution in [0.5, 0.6) is 0 Å². The summed E-state index contributed by atoms with van der Waals surface area (Å²) >= 11 is 0. The van der Waals surface area contributed by atoms with Gasteiger partial charge < -0.3 is 5.32 Å². The van der Waals surface area contributed by atoms with E-state index in [0.29, 0.717) is 4.76 Å². The van der Waals surface area contributed by atoms with Crippen molar-refractivity contribution in [3.63, 3.8) is 0 Å². The van der Waals surface area contributed by atoms with Crippen LogP contribution in [-0.2, 0) is 4.79 Å². The Kier molecular flexibility index (Phi) is 3.36. The van der Waals surface area contributed by atoms with Gasteiger partial charge in [-0.05, 0) is 20.8 Å². The van der Waals surface area contributed by atoms with Crippen molar-refractivity contribution >= 4 is 5.91 Å². The summed E-state index contributed by atoms with van der Waals surface area (Å²) in [7, 11) is 1.34. The van der Waals surface area contributed by atoms with Gasteiger partial charge in [-0.2, -0.15) is 0 Å². The predicted octanol–water partition coefficient (Wildman–Crippen LogP) is 0.698. The van der Waals surface area contributed by atoms with E-state index in [0.717, 1.165) is 0 Å². The largest absolute Gasteiger partial charge is 0.346 e. The number of nitroso groups, excluding NO2 is 1. The number of carbonyl (C=O) groups is 1. The van der Waals surface area contributed by atoms with Crippen LogP contribution in [-0.4, -0.2) is 29.3 Å². The number of nitrogens with one attached hydrogen (secondary N) is 1. The van der Waals surface area contributed by atoms with E-state index in [9.17, 15) is 9.70 Å². The third-order valence-corrected chi connectivity index (χ3v) is 1.42. The van der Waals surface area contributed by atoms with Crippen molar-refractivity contribution in [2.45, 2.75) is 39.3 Å². The molecular formula is C8H17N2O2+. The average Bonchev–Trinajstić information content (AvgIpc) is 1.82. The minimum Gasteiger partial charge on any atom is -0.346 e. The predicted molar refractivity (Wildman–Crippen MR) is 46.9 cm³/mol. The molecule has 0 saturated carbocycles. The first-order chi connectivity index (χ1) is 5.24. The van der Waals surface area contributed by atoms with Crippen molar-refractivity contribution in [3.05, 3.63) is 4.91 Å². The lowest BCUT2D eigenvalue weighted by Gasteiger charge is -2.20. The summed E-state index contributed by atoms with van der Waals surface area (Å²) in [6.45, 7) is 7.21. The molecule has 0 aliphatic heterocycles. The minimum absolute atomic E-state index is 0.236. The van der Waals surface area contributed by atoms with Crippen molar-refractivity contribution in [3.8, 4) is 0 Å². The molecular weight excluding hydrogens is 156 g/mol. The SMILES string of the molecule is C[C@H](C(=O)NC(C)(C)C)[N+](C)=O. The standard InChI is InChI=1S/C8H16N2O2/c1-6(10(5)12)7(11)9-8(2,3)4/h6H,1-5H3/p+1/t6-/m1/s1. The van der Waals surface area contributed by atoms with Crippen molar-refractivity contribution in [2.75, 3.05) is 7.05 Å². The topological polar surface area (TPSA) is 49.2 Å². The van der Waals surface area contributed by atoms with Gasteiger partial charge in [0.05, 0.1) is 0 Å². The summed E-state index contributed by atoms with van der Waals surface area (Å²) < 4.78 is 0.640. The highest BCUT2D eigenvalue weighted by molar-refractivity contribution is 5.80. The fourth-order valence-corrected chi connectivity index (χ4v) is 0.639. The molecule has 0 aromatic heterocycles. The molecule has 0 aromatic rings. The Hall–Kier alpha value is -0.930. The molecule has 0 fully saturated rings. The average molecular weight is 173 g/mol. The van der Waals surface area contributed by atoms with E-state index in [1.807, 2.05) is 20.8 Å². The van der Waals surface area contributed by atoms with Crippen molar-refractivity contribution in [2.24, 2.45) is 0 Å². The molecule has 0 aromatic carbocycles. The molecule has 0 rings (SSSR count). The zero-order chi connectivity index (χ0) is 9.94.